The molecule has 0 spiro atoms. The Morgan fingerprint density at radius 1 is 1.00 bits per heavy atom. The average Bonchev–Trinajstić information content (AvgIpc) is 2.98. The number of rotatable bonds is 4. The van der Waals surface area contributed by atoms with Crippen LogP contribution < -0.4 is 9.64 Å². The van der Waals surface area contributed by atoms with E-state index in [1.54, 1.807) is 18.3 Å². The van der Waals surface area contributed by atoms with Crippen LogP contribution in [0.5, 0.6) is 17.4 Å². The van der Waals surface area contributed by atoms with Crippen LogP contribution in [0, 0.1) is 0 Å². The monoisotopic (exact) mass is 447 g/mol. The molecule has 1 fully saturated rings. The van der Waals surface area contributed by atoms with Crippen LogP contribution in [-0.2, 0) is 6.42 Å². The Labute approximate surface area is 193 Å². The van der Waals surface area contributed by atoms with E-state index in [2.05, 4.69) is 33.0 Å². The zero-order valence-electron chi connectivity index (χ0n) is 17.9. The maximum Gasteiger partial charge on any atom is 0.226 e. The Kier molecular flexibility index (Phi) is 6.02. The molecule has 0 aliphatic carbocycles. The van der Waals surface area contributed by atoms with Crippen molar-refractivity contribution in [2.75, 3.05) is 37.6 Å². The third kappa shape index (κ3) is 4.45. The summed E-state index contributed by atoms with van der Waals surface area (Å²) < 4.78 is 6.03. The molecule has 2 aromatic carbocycles. The van der Waals surface area contributed by atoms with E-state index in [1.807, 2.05) is 30.3 Å². The summed E-state index contributed by atoms with van der Waals surface area (Å²) >= 11 is 6.02. The van der Waals surface area contributed by atoms with E-state index in [-0.39, 0.29) is 5.75 Å². The summed E-state index contributed by atoms with van der Waals surface area (Å²) in [5, 5.41) is 11.2. The van der Waals surface area contributed by atoms with Gasteiger partial charge in [0.1, 0.15) is 11.5 Å². The van der Waals surface area contributed by atoms with Gasteiger partial charge in [-0.15, -0.1) is 0 Å². The second-order valence-corrected chi connectivity index (χ2v) is 8.65. The molecule has 5 rings (SSSR count). The lowest BCUT2D eigenvalue weighted by Gasteiger charge is -2.36. The quantitative estimate of drug-likeness (QED) is 0.581. The number of pyridine rings is 1. The maximum absolute atomic E-state index is 10.4. The molecule has 1 saturated heterocycles. The zero-order chi connectivity index (χ0) is 21.9. The molecule has 2 aliphatic rings. The van der Waals surface area contributed by atoms with Crippen LogP contribution in [0.25, 0.3) is 5.57 Å². The number of aromatic nitrogens is 1. The highest BCUT2D eigenvalue weighted by Crippen LogP contribution is 2.41. The van der Waals surface area contributed by atoms with Gasteiger partial charge in [0.05, 0.1) is 0 Å². The number of benzene rings is 2. The fraction of sp³-hybridized carbons (Fsp3) is 0.269. The highest BCUT2D eigenvalue weighted by molar-refractivity contribution is 6.30. The van der Waals surface area contributed by atoms with Crippen molar-refractivity contribution < 1.29 is 9.84 Å². The van der Waals surface area contributed by atoms with Crippen LogP contribution in [0.2, 0.25) is 5.02 Å². The first-order valence-electron chi connectivity index (χ1n) is 11.0. The van der Waals surface area contributed by atoms with E-state index >= 15 is 0 Å². The summed E-state index contributed by atoms with van der Waals surface area (Å²) in [6.07, 6.45) is 5.58. The minimum Gasteiger partial charge on any atom is -0.508 e. The number of halogens is 1. The molecule has 1 aromatic heterocycles. The lowest BCUT2D eigenvalue weighted by atomic mass is 9.97. The first kappa shape index (κ1) is 20.9. The summed E-state index contributed by atoms with van der Waals surface area (Å²) in [7, 11) is 0. The topological polar surface area (TPSA) is 48.8 Å². The molecule has 0 saturated carbocycles. The molecule has 164 valence electrons. The van der Waals surface area contributed by atoms with Gasteiger partial charge in [-0.1, -0.05) is 23.7 Å². The maximum atomic E-state index is 10.4. The van der Waals surface area contributed by atoms with Crippen LogP contribution in [0.4, 0.5) is 5.69 Å². The summed E-state index contributed by atoms with van der Waals surface area (Å²) in [6, 6.07) is 17.5. The first-order chi connectivity index (χ1) is 15.7. The van der Waals surface area contributed by atoms with E-state index in [1.165, 1.54) is 5.69 Å². The molecule has 0 atom stereocenters. The molecule has 3 heterocycles. The summed E-state index contributed by atoms with van der Waals surface area (Å²) in [5.41, 5.74) is 4.19. The number of aromatic hydroxyl groups is 1. The van der Waals surface area contributed by atoms with E-state index in [9.17, 15) is 5.11 Å². The SMILES string of the molecule is Oc1cccc2c1CC(=CCCN1CCN(c3ccc(Cl)cc3)CC1)c1cccnc1O2. The Hall–Kier alpha value is -3.02. The summed E-state index contributed by atoms with van der Waals surface area (Å²) in [6.45, 7) is 5.11. The molecule has 0 amide bonds. The second-order valence-electron chi connectivity index (χ2n) is 8.21. The molecule has 2 aliphatic heterocycles. The standard InChI is InChI=1S/C26H26ClN3O2/c27-20-8-10-21(11-9-20)30-16-14-29(15-17-30)13-3-4-19-18-23-24(31)6-1-7-25(23)32-26-22(19)5-2-12-28-26/h1-2,4-12,31H,3,13-18H2. The number of fused-ring (bicyclic) bond motifs is 2. The second kappa shape index (κ2) is 9.23. The van der Waals surface area contributed by atoms with Gasteiger partial charge in [-0.3, -0.25) is 4.90 Å². The van der Waals surface area contributed by atoms with Gasteiger partial charge in [0.25, 0.3) is 0 Å². The van der Waals surface area contributed by atoms with E-state index in [0.29, 0.717) is 18.1 Å². The number of nitrogens with zero attached hydrogens (tertiary/aromatic N) is 3. The Bertz CT molecular complexity index is 1120. The number of hydrogen-bond acceptors (Lipinski definition) is 5. The third-order valence-corrected chi connectivity index (χ3v) is 6.45. The molecule has 0 bridgehead atoms. The molecule has 32 heavy (non-hydrogen) atoms. The first-order valence-corrected chi connectivity index (χ1v) is 11.4. The lowest BCUT2D eigenvalue weighted by molar-refractivity contribution is 0.262. The van der Waals surface area contributed by atoms with Gasteiger partial charge in [0.2, 0.25) is 5.88 Å². The smallest absolute Gasteiger partial charge is 0.226 e. The van der Waals surface area contributed by atoms with Crippen molar-refractivity contribution >= 4 is 22.9 Å². The number of anilines is 1. The fourth-order valence-corrected chi connectivity index (χ4v) is 4.54. The van der Waals surface area contributed by atoms with Gasteiger partial charge >= 0.3 is 0 Å². The van der Waals surface area contributed by atoms with Crippen molar-refractivity contribution in [3.8, 4) is 17.4 Å². The van der Waals surface area contributed by atoms with Crippen molar-refractivity contribution in [1.82, 2.24) is 9.88 Å². The van der Waals surface area contributed by atoms with Crippen LogP contribution in [0.15, 0.2) is 66.9 Å². The zero-order valence-corrected chi connectivity index (χ0v) is 18.6. The van der Waals surface area contributed by atoms with Crippen LogP contribution in [-0.4, -0.2) is 47.7 Å². The van der Waals surface area contributed by atoms with Gasteiger partial charge in [-0.05, 0) is 60.5 Å². The number of hydrogen-bond donors (Lipinski definition) is 1. The van der Waals surface area contributed by atoms with Crippen molar-refractivity contribution in [3.05, 3.63) is 83.0 Å². The van der Waals surface area contributed by atoms with Crippen molar-refractivity contribution in [2.24, 2.45) is 0 Å². The Balaban J connectivity index is 1.25. The van der Waals surface area contributed by atoms with Crippen LogP contribution in [0.1, 0.15) is 17.5 Å². The van der Waals surface area contributed by atoms with Gasteiger partial charge in [0.15, 0.2) is 0 Å². The van der Waals surface area contributed by atoms with Gasteiger partial charge < -0.3 is 14.7 Å². The number of phenolic OH excluding ortho intramolecular Hbond substituents is 1. The molecular weight excluding hydrogens is 422 g/mol. The average molecular weight is 448 g/mol. The molecule has 0 unspecified atom stereocenters. The molecule has 3 aromatic rings. The predicted octanol–water partition coefficient (Wildman–Crippen LogP) is 5.38. The van der Waals surface area contributed by atoms with E-state index in [4.69, 9.17) is 16.3 Å². The lowest BCUT2D eigenvalue weighted by Crippen LogP contribution is -2.46. The normalized spacial score (nSPS) is 17.4. The predicted molar refractivity (Wildman–Crippen MR) is 129 cm³/mol. The molecule has 0 radical (unpaired) electrons. The Morgan fingerprint density at radius 2 is 1.81 bits per heavy atom. The van der Waals surface area contributed by atoms with E-state index in [0.717, 1.165) is 60.9 Å². The van der Waals surface area contributed by atoms with Crippen LogP contribution >= 0.6 is 11.6 Å². The van der Waals surface area contributed by atoms with Crippen molar-refractivity contribution in [3.63, 3.8) is 0 Å². The molecule has 5 nitrogen and oxygen atoms in total. The summed E-state index contributed by atoms with van der Waals surface area (Å²) in [4.78, 5) is 9.35. The summed E-state index contributed by atoms with van der Waals surface area (Å²) in [5.74, 6) is 1.53. The van der Waals surface area contributed by atoms with Gasteiger partial charge in [-0.25, -0.2) is 4.98 Å². The highest BCUT2D eigenvalue weighted by Gasteiger charge is 2.22. The Morgan fingerprint density at radius 3 is 2.62 bits per heavy atom. The number of ether oxygens (including phenoxy) is 1. The minimum absolute atomic E-state index is 0.263. The molecular formula is C26H26ClN3O2. The fourth-order valence-electron chi connectivity index (χ4n) is 4.42. The van der Waals surface area contributed by atoms with Crippen molar-refractivity contribution in [2.45, 2.75) is 12.8 Å². The number of piperazine rings is 1. The molecule has 1 N–H and O–H groups in total. The van der Waals surface area contributed by atoms with E-state index < -0.39 is 0 Å². The van der Waals surface area contributed by atoms with Crippen molar-refractivity contribution in [1.29, 1.82) is 0 Å². The number of allylic oxidation sites excluding steroid dienone is 1. The minimum atomic E-state index is 0.263. The largest absolute Gasteiger partial charge is 0.508 e. The van der Waals surface area contributed by atoms with Gasteiger partial charge in [-0.2, -0.15) is 0 Å². The molecule has 6 heteroatoms. The van der Waals surface area contributed by atoms with Crippen LogP contribution in [0.3, 0.4) is 0 Å². The number of phenols is 1. The third-order valence-electron chi connectivity index (χ3n) is 6.20. The highest BCUT2D eigenvalue weighted by atomic mass is 35.5. The van der Waals surface area contributed by atoms with Gasteiger partial charge in [0, 0.05) is 67.2 Å².